The predicted molar refractivity (Wildman–Crippen MR) is 106 cm³/mol. The van der Waals surface area contributed by atoms with E-state index in [0.717, 1.165) is 38.6 Å². The summed E-state index contributed by atoms with van der Waals surface area (Å²) in [6.45, 7) is 2.69. The van der Waals surface area contributed by atoms with Gasteiger partial charge in [-0.1, -0.05) is 11.6 Å². The molecule has 3 rings (SSSR count). The standard InChI is InChI=1S/C18H26ClN3O4S/c1-21-9-6-13(7-10-21)5-8-20-18(23)17-12-22(27(2,24)25)15-11-14(19)3-4-16(15)26-17/h3-4,11,13,17H,5-10,12H2,1-2H3,(H,20,23). The molecule has 2 aliphatic heterocycles. The fraction of sp³-hybridized carbons (Fsp3) is 0.611. The Hall–Kier alpha value is -1.51. The van der Waals surface area contributed by atoms with Crippen molar-refractivity contribution in [2.24, 2.45) is 5.92 Å². The third-order valence-corrected chi connectivity index (χ3v) is 6.55. The quantitative estimate of drug-likeness (QED) is 0.792. The van der Waals surface area contributed by atoms with Crippen molar-refractivity contribution in [3.63, 3.8) is 0 Å². The number of hydrogen-bond donors (Lipinski definition) is 1. The van der Waals surface area contributed by atoms with Crippen LogP contribution in [0, 0.1) is 5.92 Å². The van der Waals surface area contributed by atoms with Crippen LogP contribution in [-0.4, -0.2) is 64.8 Å². The second-order valence-corrected chi connectivity index (χ2v) is 9.68. The molecule has 1 amide bonds. The summed E-state index contributed by atoms with van der Waals surface area (Å²) in [6, 6.07) is 4.74. The van der Waals surface area contributed by atoms with Gasteiger partial charge < -0.3 is 15.0 Å². The zero-order valence-corrected chi connectivity index (χ0v) is 17.2. The number of halogens is 1. The first-order chi connectivity index (χ1) is 12.7. The molecule has 1 saturated heterocycles. The smallest absolute Gasteiger partial charge is 0.263 e. The molecule has 2 aliphatic rings. The number of piperidine rings is 1. The Kier molecular flexibility index (Phi) is 6.18. The van der Waals surface area contributed by atoms with Gasteiger partial charge in [-0.15, -0.1) is 0 Å². The first kappa shape index (κ1) is 20.2. The van der Waals surface area contributed by atoms with E-state index in [1.807, 2.05) is 0 Å². The molecule has 150 valence electrons. The topological polar surface area (TPSA) is 79.0 Å². The van der Waals surface area contributed by atoms with E-state index in [1.54, 1.807) is 12.1 Å². The number of amides is 1. The highest BCUT2D eigenvalue weighted by Crippen LogP contribution is 2.37. The van der Waals surface area contributed by atoms with Gasteiger partial charge in [-0.25, -0.2) is 8.42 Å². The van der Waals surface area contributed by atoms with Gasteiger partial charge in [0.1, 0.15) is 5.75 Å². The molecule has 0 saturated carbocycles. The van der Waals surface area contributed by atoms with E-state index in [1.165, 1.54) is 10.4 Å². The van der Waals surface area contributed by atoms with Crippen LogP contribution in [0.25, 0.3) is 0 Å². The van der Waals surface area contributed by atoms with Crippen molar-refractivity contribution in [1.82, 2.24) is 10.2 Å². The van der Waals surface area contributed by atoms with Gasteiger partial charge in [0, 0.05) is 11.6 Å². The highest BCUT2D eigenvalue weighted by molar-refractivity contribution is 7.92. The number of carbonyl (C=O) groups excluding carboxylic acids is 1. The summed E-state index contributed by atoms with van der Waals surface area (Å²) in [5, 5.41) is 3.31. The fourth-order valence-corrected chi connectivity index (χ4v) is 4.61. The number of fused-ring (bicyclic) bond motifs is 1. The van der Waals surface area contributed by atoms with E-state index in [0.29, 0.717) is 28.9 Å². The molecule has 0 bridgehead atoms. The molecule has 1 unspecified atom stereocenters. The summed E-state index contributed by atoms with van der Waals surface area (Å²) >= 11 is 5.98. The number of anilines is 1. The van der Waals surface area contributed by atoms with Crippen molar-refractivity contribution in [2.45, 2.75) is 25.4 Å². The monoisotopic (exact) mass is 415 g/mol. The fourth-order valence-electron chi connectivity index (χ4n) is 3.54. The Morgan fingerprint density at radius 2 is 2.04 bits per heavy atom. The SMILES string of the molecule is CN1CCC(CCNC(=O)C2CN(S(C)(=O)=O)c3cc(Cl)ccc3O2)CC1. The number of sulfonamides is 1. The van der Waals surface area contributed by atoms with Gasteiger partial charge in [-0.2, -0.15) is 0 Å². The zero-order chi connectivity index (χ0) is 19.6. The molecule has 0 radical (unpaired) electrons. The van der Waals surface area contributed by atoms with Crippen molar-refractivity contribution in [3.8, 4) is 5.75 Å². The van der Waals surface area contributed by atoms with Gasteiger partial charge in [-0.3, -0.25) is 9.10 Å². The van der Waals surface area contributed by atoms with Gasteiger partial charge in [0.15, 0.2) is 6.10 Å². The molecular weight excluding hydrogens is 390 g/mol. The van der Waals surface area contributed by atoms with Crippen LogP contribution < -0.4 is 14.4 Å². The summed E-state index contributed by atoms with van der Waals surface area (Å²) in [7, 11) is -1.43. The van der Waals surface area contributed by atoms with Crippen LogP contribution in [0.3, 0.4) is 0 Å². The number of likely N-dealkylation sites (tertiary alicyclic amines) is 1. The van der Waals surface area contributed by atoms with Crippen molar-refractivity contribution >= 4 is 33.2 Å². The van der Waals surface area contributed by atoms with E-state index in [-0.39, 0.29) is 12.5 Å². The van der Waals surface area contributed by atoms with Crippen LogP contribution in [0.1, 0.15) is 19.3 Å². The first-order valence-corrected chi connectivity index (χ1v) is 11.4. The summed E-state index contributed by atoms with van der Waals surface area (Å²) in [4.78, 5) is 14.9. The minimum absolute atomic E-state index is 0.0633. The van der Waals surface area contributed by atoms with Crippen LogP contribution in [0.15, 0.2) is 18.2 Å². The Balaban J connectivity index is 1.61. The summed E-state index contributed by atoms with van der Waals surface area (Å²) in [5.74, 6) is 0.660. The maximum atomic E-state index is 12.5. The Morgan fingerprint density at radius 3 is 2.70 bits per heavy atom. The minimum Gasteiger partial charge on any atom is -0.476 e. The minimum atomic E-state index is -3.56. The maximum absolute atomic E-state index is 12.5. The van der Waals surface area contributed by atoms with Gasteiger partial charge in [0.2, 0.25) is 10.0 Å². The number of benzene rings is 1. The molecule has 0 spiro atoms. The second-order valence-electron chi connectivity index (χ2n) is 7.34. The largest absolute Gasteiger partial charge is 0.476 e. The molecular formula is C18H26ClN3O4S. The number of hydrogen-bond acceptors (Lipinski definition) is 5. The molecule has 0 aromatic heterocycles. The molecule has 2 heterocycles. The molecule has 7 nitrogen and oxygen atoms in total. The Morgan fingerprint density at radius 1 is 1.33 bits per heavy atom. The number of nitrogens with one attached hydrogen (secondary N) is 1. The van der Waals surface area contributed by atoms with Crippen LogP contribution in [0.4, 0.5) is 5.69 Å². The van der Waals surface area contributed by atoms with Crippen LogP contribution in [-0.2, 0) is 14.8 Å². The first-order valence-electron chi connectivity index (χ1n) is 9.14. The lowest BCUT2D eigenvalue weighted by Crippen LogP contribution is -2.50. The average Bonchev–Trinajstić information content (AvgIpc) is 2.61. The molecule has 1 aromatic carbocycles. The molecule has 9 heteroatoms. The lowest BCUT2D eigenvalue weighted by atomic mass is 9.94. The van der Waals surface area contributed by atoms with Crippen LogP contribution in [0.5, 0.6) is 5.75 Å². The molecule has 1 fully saturated rings. The van der Waals surface area contributed by atoms with Crippen molar-refractivity contribution < 1.29 is 17.9 Å². The van der Waals surface area contributed by atoms with Crippen LogP contribution >= 0.6 is 11.6 Å². The molecule has 1 atom stereocenters. The van der Waals surface area contributed by atoms with E-state index in [2.05, 4.69) is 17.3 Å². The number of ether oxygens (including phenoxy) is 1. The van der Waals surface area contributed by atoms with Gasteiger partial charge >= 0.3 is 0 Å². The number of nitrogens with zero attached hydrogens (tertiary/aromatic N) is 2. The third-order valence-electron chi connectivity index (χ3n) is 5.17. The lowest BCUT2D eigenvalue weighted by molar-refractivity contribution is -0.127. The summed E-state index contributed by atoms with van der Waals surface area (Å²) < 4.78 is 31.3. The molecule has 0 aliphatic carbocycles. The van der Waals surface area contributed by atoms with Crippen molar-refractivity contribution in [3.05, 3.63) is 23.2 Å². The summed E-state index contributed by atoms with van der Waals surface area (Å²) in [6.07, 6.45) is 3.43. The van der Waals surface area contributed by atoms with E-state index >= 15 is 0 Å². The lowest BCUT2D eigenvalue weighted by Gasteiger charge is -2.34. The van der Waals surface area contributed by atoms with E-state index < -0.39 is 16.1 Å². The van der Waals surface area contributed by atoms with Gasteiger partial charge in [0.25, 0.3) is 5.91 Å². The van der Waals surface area contributed by atoms with Gasteiger partial charge in [0.05, 0.1) is 18.5 Å². The Bertz CT molecular complexity index is 794. The molecule has 27 heavy (non-hydrogen) atoms. The van der Waals surface area contributed by atoms with E-state index in [9.17, 15) is 13.2 Å². The van der Waals surface area contributed by atoms with Crippen molar-refractivity contribution in [1.29, 1.82) is 0 Å². The van der Waals surface area contributed by atoms with Crippen LogP contribution in [0.2, 0.25) is 5.02 Å². The number of carbonyl (C=O) groups is 1. The zero-order valence-electron chi connectivity index (χ0n) is 15.7. The summed E-state index contributed by atoms with van der Waals surface area (Å²) in [5.41, 5.74) is 0.361. The predicted octanol–water partition coefficient (Wildman–Crippen LogP) is 1.72. The molecule has 1 aromatic rings. The van der Waals surface area contributed by atoms with Gasteiger partial charge in [-0.05, 0) is 63.5 Å². The number of rotatable bonds is 5. The third kappa shape index (κ3) is 5.06. The maximum Gasteiger partial charge on any atom is 0.263 e. The highest BCUT2D eigenvalue weighted by Gasteiger charge is 2.35. The normalized spacial score (nSPS) is 21.4. The average molecular weight is 416 g/mol. The highest BCUT2D eigenvalue weighted by atomic mass is 35.5. The second kappa shape index (κ2) is 8.24. The van der Waals surface area contributed by atoms with Crippen molar-refractivity contribution in [2.75, 3.05) is 43.8 Å². The molecule has 1 N–H and O–H groups in total. The van der Waals surface area contributed by atoms with E-state index in [4.69, 9.17) is 16.3 Å². The Labute approximate surface area is 165 Å².